The number of β-amino-alcohol motifs (C(OH)–C–C–N with tert-alkyl or cyclic N) is 1. The number of aliphatic hydroxyl groups is 1. The minimum absolute atomic E-state index is 0.153. The fraction of sp³-hybridized carbons (Fsp3) is 0.353. The van der Waals surface area contributed by atoms with Crippen LogP contribution in [0.4, 0.5) is 0 Å². The molecular formula is C17H20N6O2. The molecule has 2 aromatic heterocycles. The number of aromatic nitrogens is 4. The van der Waals surface area contributed by atoms with Crippen molar-refractivity contribution in [1.82, 2.24) is 30.0 Å². The van der Waals surface area contributed by atoms with Gasteiger partial charge in [-0.25, -0.2) is 4.98 Å². The third-order valence-electron chi connectivity index (χ3n) is 4.50. The Balaban J connectivity index is 1.50. The maximum Gasteiger partial charge on any atom is 0.275 e. The molecule has 8 nitrogen and oxygen atoms in total. The lowest BCUT2D eigenvalue weighted by molar-refractivity contribution is 0.0659. The van der Waals surface area contributed by atoms with Crippen LogP contribution in [0.1, 0.15) is 16.2 Å². The molecule has 0 saturated carbocycles. The number of imidazole rings is 1. The molecular weight excluding hydrogens is 320 g/mol. The first kappa shape index (κ1) is 15.8. The maximum atomic E-state index is 12.9. The van der Waals surface area contributed by atoms with Gasteiger partial charge >= 0.3 is 0 Å². The number of benzene rings is 1. The standard InChI is InChI=1S/C17H20N6O2/c24-13-9-22(8-12-7-18-11-19-12)5-6-23(10-13)17(25)16-14-3-1-2-4-15(14)20-21-16/h1-4,7,11,13,24H,5-6,8-10H2,(H,18,19)(H,20,21). The predicted molar refractivity (Wildman–Crippen MR) is 91.9 cm³/mol. The number of fused-ring (bicyclic) bond motifs is 1. The Bertz CT molecular complexity index is 859. The van der Waals surface area contributed by atoms with Gasteiger partial charge in [-0.1, -0.05) is 18.2 Å². The topological polar surface area (TPSA) is 101 Å². The molecule has 1 amide bonds. The van der Waals surface area contributed by atoms with E-state index in [2.05, 4.69) is 25.1 Å². The van der Waals surface area contributed by atoms with Gasteiger partial charge in [0.25, 0.3) is 5.91 Å². The number of amides is 1. The van der Waals surface area contributed by atoms with Gasteiger partial charge in [0.05, 0.1) is 17.9 Å². The average molecular weight is 340 g/mol. The van der Waals surface area contributed by atoms with Gasteiger partial charge < -0.3 is 15.0 Å². The van der Waals surface area contributed by atoms with E-state index < -0.39 is 6.10 Å². The Morgan fingerprint density at radius 1 is 1.28 bits per heavy atom. The van der Waals surface area contributed by atoms with Crippen molar-refractivity contribution in [2.24, 2.45) is 0 Å². The van der Waals surface area contributed by atoms with Crippen LogP contribution in [0.15, 0.2) is 36.8 Å². The molecule has 0 spiro atoms. The molecule has 4 rings (SSSR count). The highest BCUT2D eigenvalue weighted by molar-refractivity contribution is 6.04. The molecule has 0 aliphatic carbocycles. The SMILES string of the molecule is O=C(c1n[nH]c2ccccc12)N1CCN(Cc2cnc[nH]2)CC(O)C1. The highest BCUT2D eigenvalue weighted by atomic mass is 16.3. The van der Waals surface area contributed by atoms with Gasteiger partial charge in [-0.15, -0.1) is 0 Å². The molecule has 1 saturated heterocycles. The average Bonchev–Trinajstić information content (AvgIpc) is 3.23. The van der Waals surface area contributed by atoms with Crippen molar-refractivity contribution in [2.45, 2.75) is 12.6 Å². The third-order valence-corrected chi connectivity index (χ3v) is 4.50. The number of carbonyl (C=O) groups is 1. The Labute approximate surface area is 144 Å². The van der Waals surface area contributed by atoms with Crippen molar-refractivity contribution in [2.75, 3.05) is 26.2 Å². The number of carbonyl (C=O) groups excluding carboxylic acids is 1. The van der Waals surface area contributed by atoms with E-state index in [1.54, 1.807) is 17.4 Å². The molecule has 1 aliphatic heterocycles. The predicted octanol–water partition coefficient (Wildman–Crippen LogP) is 0.605. The first-order chi connectivity index (χ1) is 12.2. The van der Waals surface area contributed by atoms with Crippen molar-refractivity contribution in [1.29, 1.82) is 0 Å². The molecule has 1 aliphatic rings. The first-order valence-electron chi connectivity index (χ1n) is 8.31. The zero-order valence-corrected chi connectivity index (χ0v) is 13.7. The monoisotopic (exact) mass is 340 g/mol. The highest BCUT2D eigenvalue weighted by Crippen LogP contribution is 2.18. The largest absolute Gasteiger partial charge is 0.390 e. The summed E-state index contributed by atoms with van der Waals surface area (Å²) in [5.41, 5.74) is 2.23. The third kappa shape index (κ3) is 3.26. The van der Waals surface area contributed by atoms with E-state index in [0.717, 1.165) is 16.6 Å². The van der Waals surface area contributed by atoms with E-state index in [9.17, 15) is 9.90 Å². The Morgan fingerprint density at radius 3 is 3.00 bits per heavy atom. The summed E-state index contributed by atoms with van der Waals surface area (Å²) in [5, 5.41) is 18.2. The van der Waals surface area contributed by atoms with Crippen molar-refractivity contribution >= 4 is 16.8 Å². The second kappa shape index (κ2) is 6.66. The van der Waals surface area contributed by atoms with Gasteiger partial charge in [0.15, 0.2) is 5.69 Å². The van der Waals surface area contributed by atoms with E-state index in [1.165, 1.54) is 0 Å². The summed E-state index contributed by atoms with van der Waals surface area (Å²) >= 11 is 0. The fourth-order valence-electron chi connectivity index (χ4n) is 3.27. The van der Waals surface area contributed by atoms with Crippen LogP contribution in [0.2, 0.25) is 0 Å². The quantitative estimate of drug-likeness (QED) is 0.648. The number of aliphatic hydroxyl groups excluding tert-OH is 1. The number of hydrogen-bond donors (Lipinski definition) is 3. The number of H-pyrrole nitrogens is 2. The van der Waals surface area contributed by atoms with Gasteiger partial charge in [-0.3, -0.25) is 14.8 Å². The number of rotatable bonds is 3. The van der Waals surface area contributed by atoms with Crippen molar-refractivity contribution in [3.8, 4) is 0 Å². The molecule has 8 heteroatoms. The lowest BCUT2D eigenvalue weighted by Gasteiger charge is -2.20. The molecule has 0 radical (unpaired) electrons. The van der Waals surface area contributed by atoms with Gasteiger partial charge in [-0.05, 0) is 6.07 Å². The lowest BCUT2D eigenvalue weighted by Crippen LogP contribution is -2.38. The smallest absolute Gasteiger partial charge is 0.275 e. The van der Waals surface area contributed by atoms with E-state index >= 15 is 0 Å². The molecule has 130 valence electrons. The fourth-order valence-corrected chi connectivity index (χ4v) is 3.27. The second-order valence-corrected chi connectivity index (χ2v) is 6.33. The number of nitrogens with one attached hydrogen (secondary N) is 2. The second-order valence-electron chi connectivity index (χ2n) is 6.33. The number of aromatic amines is 2. The molecule has 3 N–H and O–H groups in total. The summed E-state index contributed by atoms with van der Waals surface area (Å²) < 4.78 is 0. The molecule has 1 unspecified atom stereocenters. The highest BCUT2D eigenvalue weighted by Gasteiger charge is 2.27. The summed E-state index contributed by atoms with van der Waals surface area (Å²) in [6, 6.07) is 7.56. The Morgan fingerprint density at radius 2 is 2.16 bits per heavy atom. The summed E-state index contributed by atoms with van der Waals surface area (Å²) in [7, 11) is 0. The zero-order valence-electron chi connectivity index (χ0n) is 13.7. The van der Waals surface area contributed by atoms with Gasteiger partial charge in [0, 0.05) is 50.0 Å². The minimum Gasteiger partial charge on any atom is -0.390 e. The van der Waals surface area contributed by atoms with E-state index in [-0.39, 0.29) is 5.91 Å². The molecule has 3 aromatic rings. The number of para-hydroxylation sites is 1. The van der Waals surface area contributed by atoms with Gasteiger partial charge in [0.1, 0.15) is 0 Å². The number of hydrogen-bond acceptors (Lipinski definition) is 5. The molecule has 1 atom stereocenters. The zero-order chi connectivity index (χ0) is 17.2. The molecule has 25 heavy (non-hydrogen) atoms. The van der Waals surface area contributed by atoms with Crippen molar-refractivity contribution < 1.29 is 9.90 Å². The van der Waals surface area contributed by atoms with Crippen LogP contribution in [-0.4, -0.2) is 73.3 Å². The van der Waals surface area contributed by atoms with Gasteiger partial charge in [0.2, 0.25) is 0 Å². The summed E-state index contributed by atoms with van der Waals surface area (Å²) in [5.74, 6) is -0.153. The summed E-state index contributed by atoms with van der Waals surface area (Å²) in [6.45, 7) is 2.73. The summed E-state index contributed by atoms with van der Waals surface area (Å²) in [4.78, 5) is 23.8. The normalized spacial score (nSPS) is 19.2. The van der Waals surface area contributed by atoms with Crippen LogP contribution in [0.3, 0.4) is 0 Å². The first-order valence-corrected chi connectivity index (χ1v) is 8.31. The molecule has 1 fully saturated rings. The van der Waals surface area contributed by atoms with E-state index in [4.69, 9.17) is 0 Å². The molecule has 0 bridgehead atoms. The van der Waals surface area contributed by atoms with Crippen LogP contribution in [0.25, 0.3) is 10.9 Å². The van der Waals surface area contributed by atoms with Gasteiger partial charge in [-0.2, -0.15) is 5.10 Å². The minimum atomic E-state index is -0.598. The summed E-state index contributed by atoms with van der Waals surface area (Å²) in [6.07, 6.45) is 2.82. The maximum absolute atomic E-state index is 12.9. The molecule has 3 heterocycles. The van der Waals surface area contributed by atoms with Crippen LogP contribution >= 0.6 is 0 Å². The Hall–Kier alpha value is -2.71. The Kier molecular flexibility index (Phi) is 4.21. The van der Waals surface area contributed by atoms with Crippen LogP contribution in [-0.2, 0) is 6.54 Å². The van der Waals surface area contributed by atoms with E-state index in [0.29, 0.717) is 38.4 Å². The van der Waals surface area contributed by atoms with Crippen LogP contribution in [0, 0.1) is 0 Å². The van der Waals surface area contributed by atoms with Crippen molar-refractivity contribution in [3.05, 3.63) is 48.2 Å². The van der Waals surface area contributed by atoms with Crippen LogP contribution < -0.4 is 0 Å². The van der Waals surface area contributed by atoms with Crippen molar-refractivity contribution in [3.63, 3.8) is 0 Å². The lowest BCUT2D eigenvalue weighted by atomic mass is 10.2. The van der Waals surface area contributed by atoms with E-state index in [1.807, 2.05) is 24.3 Å². The van der Waals surface area contributed by atoms with Crippen LogP contribution in [0.5, 0.6) is 0 Å². The number of nitrogens with zero attached hydrogens (tertiary/aromatic N) is 4. The molecule has 1 aromatic carbocycles.